The Morgan fingerprint density at radius 2 is 1.93 bits per heavy atom. The van der Waals surface area contributed by atoms with Crippen molar-refractivity contribution in [2.45, 2.75) is 6.61 Å². The van der Waals surface area contributed by atoms with Gasteiger partial charge in [-0.1, -0.05) is 12.1 Å². The minimum absolute atomic E-state index is 0.0339. The minimum atomic E-state index is -0.850. The van der Waals surface area contributed by atoms with Crippen LogP contribution in [0.3, 0.4) is 0 Å². The molecule has 0 aromatic heterocycles. The third-order valence-corrected chi connectivity index (χ3v) is 4.89. The summed E-state index contributed by atoms with van der Waals surface area (Å²) < 4.78 is 18.7. The molecule has 154 valence electrons. The van der Waals surface area contributed by atoms with E-state index in [1.54, 1.807) is 0 Å². The summed E-state index contributed by atoms with van der Waals surface area (Å²) in [6.45, 7) is -0.521. The number of imide groups is 1. The van der Waals surface area contributed by atoms with Crippen molar-refractivity contribution < 1.29 is 28.4 Å². The number of nitrogens with zero attached hydrogens (tertiary/aromatic N) is 2. The van der Waals surface area contributed by atoms with E-state index in [2.05, 4.69) is 0 Å². The van der Waals surface area contributed by atoms with Crippen molar-refractivity contribution >= 4 is 40.6 Å². The van der Waals surface area contributed by atoms with Crippen LogP contribution in [0.5, 0.6) is 5.75 Å². The van der Waals surface area contributed by atoms with Crippen LogP contribution in [0.4, 0.5) is 14.9 Å². The maximum atomic E-state index is 13.0. The van der Waals surface area contributed by atoms with Crippen LogP contribution in [0.15, 0.2) is 47.4 Å². The Morgan fingerprint density at radius 3 is 2.57 bits per heavy atom. The molecule has 0 aliphatic carbocycles. The minimum Gasteiger partial charge on any atom is -0.488 e. The van der Waals surface area contributed by atoms with Crippen LogP contribution in [-0.2, 0) is 16.2 Å². The van der Waals surface area contributed by atoms with Gasteiger partial charge < -0.3 is 10.5 Å². The summed E-state index contributed by atoms with van der Waals surface area (Å²) in [5, 5.41) is 10.4. The van der Waals surface area contributed by atoms with Crippen molar-refractivity contribution in [1.29, 1.82) is 0 Å². The molecule has 0 atom stereocenters. The zero-order valence-corrected chi connectivity index (χ0v) is 16.1. The van der Waals surface area contributed by atoms with Crippen molar-refractivity contribution in [2.75, 3.05) is 6.54 Å². The van der Waals surface area contributed by atoms with E-state index in [-0.39, 0.29) is 28.5 Å². The Labute approximate surface area is 173 Å². The third kappa shape index (κ3) is 4.81. The number of primary amides is 1. The van der Waals surface area contributed by atoms with Gasteiger partial charge in [-0.2, -0.15) is 0 Å². The van der Waals surface area contributed by atoms with Gasteiger partial charge in [0.25, 0.3) is 16.8 Å². The number of nitrogens with two attached hydrogens (primary N) is 1. The lowest BCUT2D eigenvalue weighted by molar-refractivity contribution is -0.384. The summed E-state index contributed by atoms with van der Waals surface area (Å²) in [7, 11) is 0. The molecule has 2 aromatic carbocycles. The van der Waals surface area contributed by atoms with Gasteiger partial charge in [0.05, 0.1) is 9.83 Å². The zero-order valence-electron chi connectivity index (χ0n) is 15.2. The number of ether oxygens (including phenoxy) is 1. The van der Waals surface area contributed by atoms with Gasteiger partial charge in [-0.25, -0.2) is 4.39 Å². The van der Waals surface area contributed by atoms with E-state index in [1.807, 2.05) is 0 Å². The fraction of sp³-hybridized carbons (Fsp3) is 0.105. The average Bonchev–Trinajstić information content (AvgIpc) is 2.95. The molecule has 3 rings (SSSR count). The highest BCUT2D eigenvalue weighted by atomic mass is 32.2. The number of hydrogen-bond donors (Lipinski definition) is 1. The lowest BCUT2D eigenvalue weighted by Gasteiger charge is -2.10. The van der Waals surface area contributed by atoms with E-state index in [1.165, 1.54) is 48.5 Å². The standard InChI is InChI=1S/C19H14FN3O6S/c20-13-3-1-11(2-4-13)10-29-15-6-5-14(23(27)28)7-12(15)8-16-18(25)22(9-17(21)24)19(26)30-16/h1-8H,9-10H2,(H2,21,24)/b16-8-. The average molecular weight is 431 g/mol. The Kier molecular flexibility index (Phi) is 6.11. The highest BCUT2D eigenvalue weighted by molar-refractivity contribution is 8.18. The van der Waals surface area contributed by atoms with Crippen LogP contribution in [0.2, 0.25) is 0 Å². The van der Waals surface area contributed by atoms with Crippen LogP contribution in [0, 0.1) is 15.9 Å². The van der Waals surface area contributed by atoms with Crippen LogP contribution >= 0.6 is 11.8 Å². The van der Waals surface area contributed by atoms with Crippen molar-refractivity contribution in [3.8, 4) is 5.75 Å². The summed E-state index contributed by atoms with van der Waals surface area (Å²) in [4.78, 5) is 46.6. The molecule has 0 unspecified atom stereocenters. The van der Waals surface area contributed by atoms with Gasteiger partial charge in [0.15, 0.2) is 0 Å². The predicted octanol–water partition coefficient (Wildman–Crippen LogP) is 2.83. The lowest BCUT2D eigenvalue weighted by atomic mass is 10.1. The molecule has 11 heteroatoms. The molecule has 0 radical (unpaired) electrons. The second kappa shape index (κ2) is 8.74. The second-order valence-corrected chi connectivity index (χ2v) is 7.12. The van der Waals surface area contributed by atoms with Crippen molar-refractivity contribution in [3.63, 3.8) is 0 Å². The molecular formula is C19H14FN3O6S. The van der Waals surface area contributed by atoms with E-state index in [0.717, 1.165) is 0 Å². The number of thioether (sulfide) groups is 1. The van der Waals surface area contributed by atoms with E-state index in [4.69, 9.17) is 10.5 Å². The number of hydrogen-bond acceptors (Lipinski definition) is 7. The highest BCUT2D eigenvalue weighted by Gasteiger charge is 2.36. The summed E-state index contributed by atoms with van der Waals surface area (Å²) in [5.41, 5.74) is 5.65. The van der Waals surface area contributed by atoms with E-state index in [0.29, 0.717) is 22.2 Å². The number of nitro groups is 1. The molecule has 1 fully saturated rings. The molecule has 2 N–H and O–H groups in total. The Balaban J connectivity index is 1.90. The number of rotatable bonds is 7. The summed E-state index contributed by atoms with van der Waals surface area (Å²) in [5.74, 6) is -1.77. The van der Waals surface area contributed by atoms with E-state index in [9.17, 15) is 28.9 Å². The van der Waals surface area contributed by atoms with Gasteiger partial charge in [0, 0.05) is 17.7 Å². The zero-order chi connectivity index (χ0) is 21.8. The van der Waals surface area contributed by atoms with Gasteiger partial charge in [-0.3, -0.25) is 29.4 Å². The van der Waals surface area contributed by atoms with Gasteiger partial charge >= 0.3 is 0 Å². The van der Waals surface area contributed by atoms with Crippen molar-refractivity contribution in [1.82, 2.24) is 4.90 Å². The van der Waals surface area contributed by atoms with E-state index < -0.39 is 34.3 Å². The molecule has 1 saturated heterocycles. The first-order valence-electron chi connectivity index (χ1n) is 8.44. The molecule has 1 heterocycles. The summed E-state index contributed by atoms with van der Waals surface area (Å²) in [6, 6.07) is 9.37. The molecule has 1 aliphatic heterocycles. The Morgan fingerprint density at radius 1 is 1.23 bits per heavy atom. The number of benzene rings is 2. The van der Waals surface area contributed by atoms with Crippen LogP contribution in [0.1, 0.15) is 11.1 Å². The first kappa shape index (κ1) is 21.0. The summed E-state index contributed by atoms with van der Waals surface area (Å²) in [6.07, 6.45) is 1.28. The van der Waals surface area contributed by atoms with Gasteiger partial charge in [0.2, 0.25) is 5.91 Å². The molecule has 0 bridgehead atoms. The molecule has 0 spiro atoms. The first-order chi connectivity index (χ1) is 14.2. The topological polar surface area (TPSA) is 133 Å². The normalized spacial score (nSPS) is 15.0. The molecular weight excluding hydrogens is 417 g/mol. The van der Waals surface area contributed by atoms with Crippen LogP contribution in [-0.4, -0.2) is 33.4 Å². The molecule has 1 aliphatic rings. The number of non-ortho nitro benzene ring substituents is 1. The monoisotopic (exact) mass is 431 g/mol. The van der Waals surface area contributed by atoms with Gasteiger partial charge in [-0.05, 0) is 41.6 Å². The van der Waals surface area contributed by atoms with Crippen LogP contribution < -0.4 is 10.5 Å². The predicted molar refractivity (Wildman–Crippen MR) is 106 cm³/mol. The second-order valence-electron chi connectivity index (χ2n) is 6.13. The molecule has 3 amide bonds. The number of nitro benzene ring substituents is 1. The smallest absolute Gasteiger partial charge is 0.294 e. The van der Waals surface area contributed by atoms with Crippen molar-refractivity contribution in [3.05, 3.63) is 74.4 Å². The maximum Gasteiger partial charge on any atom is 0.294 e. The third-order valence-electron chi connectivity index (χ3n) is 3.99. The first-order valence-corrected chi connectivity index (χ1v) is 9.25. The van der Waals surface area contributed by atoms with Crippen LogP contribution in [0.25, 0.3) is 6.08 Å². The molecule has 0 saturated carbocycles. The number of carbonyl (C=O) groups excluding carboxylic acids is 3. The van der Waals surface area contributed by atoms with Crippen molar-refractivity contribution in [2.24, 2.45) is 5.73 Å². The maximum absolute atomic E-state index is 13.0. The fourth-order valence-corrected chi connectivity index (χ4v) is 3.40. The number of carbonyl (C=O) groups is 3. The summed E-state index contributed by atoms with van der Waals surface area (Å²) >= 11 is 0.581. The molecule has 30 heavy (non-hydrogen) atoms. The fourth-order valence-electron chi connectivity index (χ4n) is 2.57. The Hall–Kier alpha value is -3.73. The SMILES string of the molecule is NC(=O)CN1C(=O)S/C(=C\c2cc([N+](=O)[O-])ccc2OCc2ccc(F)cc2)C1=O. The largest absolute Gasteiger partial charge is 0.488 e. The molecule has 2 aromatic rings. The highest BCUT2D eigenvalue weighted by Crippen LogP contribution is 2.35. The van der Waals surface area contributed by atoms with Gasteiger partial charge in [0.1, 0.15) is 24.7 Å². The Bertz CT molecular complexity index is 1070. The van der Waals surface area contributed by atoms with E-state index >= 15 is 0 Å². The quantitative estimate of drug-likeness (QED) is 0.405. The van der Waals surface area contributed by atoms with Gasteiger partial charge in [-0.15, -0.1) is 0 Å². The number of halogens is 1. The number of amides is 3. The molecule has 9 nitrogen and oxygen atoms in total. The lowest BCUT2D eigenvalue weighted by Crippen LogP contribution is -2.36.